The topological polar surface area (TPSA) is 23.8 Å². The Bertz CT molecular complexity index is 151. The SMILES string of the molecule is C#CCCCCCCCCCC#N. The van der Waals surface area contributed by atoms with E-state index in [0.717, 1.165) is 19.3 Å². The highest BCUT2D eigenvalue weighted by Gasteiger charge is 1.90. The quantitative estimate of drug-likeness (QED) is 0.410. The molecule has 0 rings (SSSR count). The normalized spacial score (nSPS) is 9.08. The van der Waals surface area contributed by atoms with Gasteiger partial charge in [-0.1, -0.05) is 32.1 Å². The molecule has 1 nitrogen and oxygen atoms in total. The van der Waals surface area contributed by atoms with Crippen molar-refractivity contribution in [1.29, 1.82) is 5.26 Å². The molecule has 0 saturated carbocycles. The van der Waals surface area contributed by atoms with Crippen molar-refractivity contribution in [2.75, 3.05) is 0 Å². The molecule has 0 aromatic carbocycles. The van der Waals surface area contributed by atoms with Crippen LogP contribution in [0, 0.1) is 23.7 Å². The third kappa shape index (κ3) is 11.0. The van der Waals surface area contributed by atoms with Gasteiger partial charge in [0, 0.05) is 12.8 Å². The average molecular weight is 177 g/mol. The van der Waals surface area contributed by atoms with Crippen LogP contribution in [0.5, 0.6) is 0 Å². The van der Waals surface area contributed by atoms with Crippen LogP contribution in [-0.2, 0) is 0 Å². The van der Waals surface area contributed by atoms with Gasteiger partial charge in [0.2, 0.25) is 0 Å². The minimum atomic E-state index is 0.719. The molecule has 0 fully saturated rings. The largest absolute Gasteiger partial charge is 0.198 e. The molecule has 0 heterocycles. The summed E-state index contributed by atoms with van der Waals surface area (Å²) in [5.74, 6) is 2.65. The van der Waals surface area contributed by atoms with Gasteiger partial charge >= 0.3 is 0 Å². The van der Waals surface area contributed by atoms with Crippen molar-refractivity contribution in [1.82, 2.24) is 0 Å². The minimum Gasteiger partial charge on any atom is -0.198 e. The van der Waals surface area contributed by atoms with Gasteiger partial charge in [0.05, 0.1) is 6.07 Å². The van der Waals surface area contributed by atoms with Crippen LogP contribution >= 0.6 is 0 Å². The van der Waals surface area contributed by atoms with Crippen LogP contribution in [0.3, 0.4) is 0 Å². The van der Waals surface area contributed by atoms with E-state index in [-0.39, 0.29) is 0 Å². The lowest BCUT2D eigenvalue weighted by Gasteiger charge is -1.98. The molecular weight excluding hydrogens is 158 g/mol. The minimum absolute atomic E-state index is 0.719. The number of nitriles is 1. The number of unbranched alkanes of at least 4 members (excludes halogenated alkanes) is 8. The lowest BCUT2D eigenvalue weighted by molar-refractivity contribution is 0.586. The zero-order chi connectivity index (χ0) is 9.78. The Morgan fingerprint density at radius 3 is 1.69 bits per heavy atom. The highest BCUT2D eigenvalue weighted by Crippen LogP contribution is 2.08. The van der Waals surface area contributed by atoms with E-state index in [9.17, 15) is 0 Å². The molecule has 0 spiro atoms. The van der Waals surface area contributed by atoms with Crippen molar-refractivity contribution in [2.45, 2.75) is 57.8 Å². The highest BCUT2D eigenvalue weighted by molar-refractivity contribution is 4.82. The van der Waals surface area contributed by atoms with E-state index in [2.05, 4.69) is 12.0 Å². The molecule has 1 heteroatoms. The van der Waals surface area contributed by atoms with E-state index in [1.54, 1.807) is 0 Å². The first kappa shape index (κ1) is 12.0. The fraction of sp³-hybridized carbons (Fsp3) is 0.750. The summed E-state index contributed by atoms with van der Waals surface area (Å²) >= 11 is 0. The van der Waals surface area contributed by atoms with Crippen molar-refractivity contribution >= 4 is 0 Å². The van der Waals surface area contributed by atoms with E-state index in [1.165, 1.54) is 38.5 Å². The van der Waals surface area contributed by atoms with Crippen LogP contribution in [0.4, 0.5) is 0 Å². The van der Waals surface area contributed by atoms with Crippen molar-refractivity contribution in [3.63, 3.8) is 0 Å². The Balaban J connectivity index is 2.85. The van der Waals surface area contributed by atoms with Gasteiger partial charge in [0.25, 0.3) is 0 Å². The summed E-state index contributed by atoms with van der Waals surface area (Å²) in [6.07, 6.45) is 15.4. The third-order valence-corrected chi connectivity index (χ3v) is 2.11. The molecule has 0 aliphatic rings. The van der Waals surface area contributed by atoms with E-state index in [4.69, 9.17) is 11.7 Å². The molecule has 0 aromatic rings. The number of hydrogen-bond donors (Lipinski definition) is 0. The Kier molecular flexibility index (Phi) is 10.2. The van der Waals surface area contributed by atoms with Gasteiger partial charge in [-0.05, 0) is 12.8 Å². The first-order valence-corrected chi connectivity index (χ1v) is 5.22. The van der Waals surface area contributed by atoms with Crippen molar-refractivity contribution < 1.29 is 0 Å². The molecule has 0 aliphatic heterocycles. The maximum Gasteiger partial charge on any atom is 0.0621 e. The summed E-state index contributed by atoms with van der Waals surface area (Å²) in [5, 5.41) is 8.30. The van der Waals surface area contributed by atoms with Crippen molar-refractivity contribution in [3.8, 4) is 18.4 Å². The molecule has 0 aromatic heterocycles. The van der Waals surface area contributed by atoms with E-state index in [0.29, 0.717) is 0 Å². The molecule has 0 unspecified atom stereocenters. The van der Waals surface area contributed by atoms with Crippen LogP contribution < -0.4 is 0 Å². The zero-order valence-corrected chi connectivity index (χ0v) is 8.39. The molecular formula is C12H19N. The summed E-state index contributed by atoms with van der Waals surface area (Å²) in [6.45, 7) is 0. The molecule has 0 bridgehead atoms. The maximum absolute atomic E-state index is 8.30. The second-order valence-corrected chi connectivity index (χ2v) is 3.34. The lowest BCUT2D eigenvalue weighted by atomic mass is 10.1. The Hall–Kier alpha value is -0.950. The van der Waals surface area contributed by atoms with Gasteiger partial charge in [-0.3, -0.25) is 0 Å². The number of rotatable bonds is 8. The Labute approximate surface area is 82.1 Å². The Morgan fingerprint density at radius 1 is 0.769 bits per heavy atom. The molecule has 13 heavy (non-hydrogen) atoms. The van der Waals surface area contributed by atoms with E-state index < -0.39 is 0 Å². The van der Waals surface area contributed by atoms with Crippen molar-refractivity contribution in [2.24, 2.45) is 0 Å². The van der Waals surface area contributed by atoms with Crippen LogP contribution in [0.25, 0.3) is 0 Å². The average Bonchev–Trinajstić information content (AvgIpc) is 2.16. The third-order valence-electron chi connectivity index (χ3n) is 2.11. The van der Waals surface area contributed by atoms with Gasteiger partial charge in [0.15, 0.2) is 0 Å². The summed E-state index contributed by atoms with van der Waals surface area (Å²) in [6, 6.07) is 2.16. The summed E-state index contributed by atoms with van der Waals surface area (Å²) in [7, 11) is 0. The second kappa shape index (κ2) is 11.1. The number of hydrogen-bond acceptors (Lipinski definition) is 1. The molecule has 0 radical (unpaired) electrons. The smallest absolute Gasteiger partial charge is 0.0621 e. The maximum atomic E-state index is 8.30. The summed E-state index contributed by atoms with van der Waals surface area (Å²) in [5.41, 5.74) is 0. The van der Waals surface area contributed by atoms with Crippen LogP contribution in [0.1, 0.15) is 57.8 Å². The van der Waals surface area contributed by atoms with E-state index >= 15 is 0 Å². The summed E-state index contributed by atoms with van der Waals surface area (Å²) in [4.78, 5) is 0. The first-order valence-electron chi connectivity index (χ1n) is 5.22. The monoisotopic (exact) mass is 177 g/mol. The van der Waals surface area contributed by atoms with Gasteiger partial charge in [0.1, 0.15) is 0 Å². The van der Waals surface area contributed by atoms with Gasteiger partial charge in [-0.2, -0.15) is 5.26 Å². The Morgan fingerprint density at radius 2 is 1.23 bits per heavy atom. The summed E-state index contributed by atoms with van der Waals surface area (Å²) < 4.78 is 0. The van der Waals surface area contributed by atoms with Crippen molar-refractivity contribution in [3.05, 3.63) is 0 Å². The molecule has 0 amide bonds. The van der Waals surface area contributed by atoms with Gasteiger partial charge < -0.3 is 0 Å². The van der Waals surface area contributed by atoms with Gasteiger partial charge in [-0.25, -0.2) is 0 Å². The fourth-order valence-electron chi connectivity index (χ4n) is 1.32. The highest BCUT2D eigenvalue weighted by atomic mass is 14.2. The molecule has 0 N–H and O–H groups in total. The predicted octanol–water partition coefficient (Wildman–Crippen LogP) is 3.65. The standard InChI is InChI=1S/C12H19N/c1-2-3-4-5-6-7-8-9-10-11-12-13/h1H,3-11H2. The van der Waals surface area contributed by atoms with E-state index in [1.807, 2.05) is 0 Å². The van der Waals surface area contributed by atoms with Crippen LogP contribution in [0.15, 0.2) is 0 Å². The van der Waals surface area contributed by atoms with Crippen LogP contribution in [-0.4, -0.2) is 0 Å². The molecule has 72 valence electrons. The second-order valence-electron chi connectivity index (χ2n) is 3.34. The molecule has 0 saturated heterocycles. The van der Waals surface area contributed by atoms with Crippen LogP contribution in [0.2, 0.25) is 0 Å². The van der Waals surface area contributed by atoms with Gasteiger partial charge in [-0.15, -0.1) is 12.3 Å². The number of nitrogens with zero attached hydrogens (tertiary/aromatic N) is 1. The lowest BCUT2D eigenvalue weighted by Crippen LogP contribution is -1.80. The predicted molar refractivity (Wildman–Crippen MR) is 56.0 cm³/mol. The molecule has 0 atom stereocenters. The first-order chi connectivity index (χ1) is 6.41. The molecule has 0 aliphatic carbocycles. The number of terminal acetylenes is 1. The fourth-order valence-corrected chi connectivity index (χ4v) is 1.32. The zero-order valence-electron chi connectivity index (χ0n) is 8.39.